The van der Waals surface area contributed by atoms with E-state index in [1.807, 2.05) is 0 Å². The van der Waals surface area contributed by atoms with Crippen LogP contribution in [-0.4, -0.2) is 27.0 Å². The van der Waals surface area contributed by atoms with Crippen molar-refractivity contribution in [2.24, 2.45) is 5.41 Å². The van der Waals surface area contributed by atoms with Crippen LogP contribution in [0.15, 0.2) is 52.6 Å². The highest BCUT2D eigenvalue weighted by Gasteiger charge is 2.50. The molecule has 2 aromatic rings. The molecule has 1 aliphatic carbocycles. The Bertz CT molecular complexity index is 1020. The summed E-state index contributed by atoms with van der Waals surface area (Å²) in [6, 6.07) is 0.932. The molecule has 1 aliphatic heterocycles. The largest absolute Gasteiger partial charge is 0.417 e. The van der Waals surface area contributed by atoms with Gasteiger partial charge in [-0.1, -0.05) is 6.92 Å². The molecular formula is C19H18F2N4O4. The molecule has 152 valence electrons. The molecule has 1 saturated heterocycles. The minimum absolute atomic E-state index is 0.0826. The maximum atomic E-state index is 14.8. The summed E-state index contributed by atoms with van der Waals surface area (Å²) in [6.07, 6.45) is 4.43. The van der Waals surface area contributed by atoms with Gasteiger partial charge < -0.3 is 19.6 Å². The number of nitrogen functional groups attached to an aromatic ring is 1. The Morgan fingerprint density at radius 2 is 2.17 bits per heavy atom. The van der Waals surface area contributed by atoms with Gasteiger partial charge in [-0.2, -0.15) is 4.98 Å². The zero-order valence-corrected chi connectivity index (χ0v) is 15.7. The van der Waals surface area contributed by atoms with Gasteiger partial charge in [0.15, 0.2) is 17.4 Å². The number of ether oxygens (including phenoxy) is 2. The number of amides is 1. The third-order valence-electron chi connectivity index (χ3n) is 5.38. The first-order valence-corrected chi connectivity index (χ1v) is 8.85. The van der Waals surface area contributed by atoms with Crippen molar-refractivity contribution in [2.75, 3.05) is 5.73 Å². The summed E-state index contributed by atoms with van der Waals surface area (Å²) in [4.78, 5) is 21.4. The number of aromatic nitrogens is 2. The number of nitrogens with zero attached hydrogens (tertiary/aromatic N) is 3. The number of halogens is 2. The number of carbonyl (C=O) groups excluding carboxylic acids is 1. The average molecular weight is 404 g/mol. The highest BCUT2D eigenvalue weighted by atomic mass is 19.1. The molecule has 0 radical (unpaired) electrons. The van der Waals surface area contributed by atoms with Gasteiger partial charge in [-0.25, -0.2) is 18.6 Å². The molecule has 2 atom stereocenters. The molecule has 0 aromatic carbocycles. The van der Waals surface area contributed by atoms with E-state index in [4.69, 9.17) is 19.6 Å². The Labute approximate surface area is 164 Å². The molecule has 8 nitrogen and oxygen atoms in total. The van der Waals surface area contributed by atoms with Gasteiger partial charge in [-0.05, 0) is 13.0 Å². The lowest BCUT2D eigenvalue weighted by Gasteiger charge is -2.47. The lowest BCUT2D eigenvalue weighted by atomic mass is 9.73. The monoisotopic (exact) mass is 404 g/mol. The van der Waals surface area contributed by atoms with Crippen molar-refractivity contribution in [2.45, 2.75) is 32.9 Å². The van der Waals surface area contributed by atoms with E-state index < -0.39 is 29.2 Å². The van der Waals surface area contributed by atoms with Gasteiger partial charge in [0.25, 0.3) is 0 Å². The minimum Gasteiger partial charge on any atom is -0.417 e. The summed E-state index contributed by atoms with van der Waals surface area (Å²) in [7, 11) is 0. The predicted octanol–water partition coefficient (Wildman–Crippen LogP) is 3.69. The maximum Gasteiger partial charge on any atom is 0.415 e. The first-order valence-electron chi connectivity index (χ1n) is 8.85. The number of carbonyl (C=O) groups is 1. The highest BCUT2D eigenvalue weighted by Crippen LogP contribution is 2.48. The number of allylic oxidation sites excluding steroid dienone is 2. The van der Waals surface area contributed by atoms with Crippen molar-refractivity contribution in [3.8, 4) is 6.08 Å². The van der Waals surface area contributed by atoms with Gasteiger partial charge in [0.05, 0.1) is 18.2 Å². The van der Waals surface area contributed by atoms with E-state index in [1.165, 1.54) is 35.7 Å². The van der Waals surface area contributed by atoms with E-state index in [1.54, 1.807) is 13.8 Å². The summed E-state index contributed by atoms with van der Waals surface area (Å²) < 4.78 is 44.8. The zero-order chi connectivity index (χ0) is 20.8. The number of fused-ring (bicyclic) bond motifs is 1. The van der Waals surface area contributed by atoms with Crippen LogP contribution in [0, 0.1) is 11.2 Å². The topological polar surface area (TPSA) is 104 Å². The number of oxazole rings is 1. The van der Waals surface area contributed by atoms with E-state index in [2.05, 4.69) is 9.97 Å². The number of rotatable bonds is 4. The molecule has 1 unspecified atom stereocenters. The molecular weight excluding hydrogens is 386 g/mol. The molecule has 0 spiro atoms. The first-order chi connectivity index (χ1) is 13.8. The Morgan fingerprint density at radius 1 is 1.38 bits per heavy atom. The standard InChI is InChI=1S/C19H18F2N4O4/c1-10-19(2)8-12(20)13(28-17-24-5-6-27-17)7-14(19)29-18(26)25(10)9-11-3-4-23-16(22)15(11)21/h3-7,10H,8-9H2,1-2H3,(H2,22,23)/t10-,19?/m0/s1. The molecule has 29 heavy (non-hydrogen) atoms. The number of pyridine rings is 1. The molecule has 0 saturated carbocycles. The van der Waals surface area contributed by atoms with Crippen molar-refractivity contribution >= 4 is 11.9 Å². The van der Waals surface area contributed by atoms with Crippen LogP contribution >= 0.6 is 0 Å². The second-order valence-corrected chi connectivity index (χ2v) is 7.11. The van der Waals surface area contributed by atoms with Gasteiger partial charge in [0.1, 0.15) is 17.8 Å². The van der Waals surface area contributed by atoms with Gasteiger partial charge in [-0.3, -0.25) is 4.90 Å². The molecule has 4 rings (SSSR count). The van der Waals surface area contributed by atoms with E-state index in [0.717, 1.165) is 0 Å². The third-order valence-corrected chi connectivity index (χ3v) is 5.38. The van der Waals surface area contributed by atoms with Crippen LogP contribution in [0.3, 0.4) is 0 Å². The number of nitrogens with two attached hydrogens (primary N) is 1. The SMILES string of the molecule is C[C@@H]1N(Cc2ccnc(N)c2F)C(=O)OC2=CC(Oc3ncco3)=C(F)CC21C. The van der Waals surface area contributed by atoms with Crippen molar-refractivity contribution < 1.29 is 27.5 Å². The predicted molar refractivity (Wildman–Crippen MR) is 96.2 cm³/mol. The van der Waals surface area contributed by atoms with Crippen molar-refractivity contribution in [3.05, 3.63) is 59.5 Å². The number of hydrogen-bond acceptors (Lipinski definition) is 7. The van der Waals surface area contributed by atoms with E-state index in [-0.39, 0.29) is 41.9 Å². The van der Waals surface area contributed by atoms with E-state index in [9.17, 15) is 13.6 Å². The molecule has 1 amide bonds. The second kappa shape index (κ2) is 6.87. The Hall–Kier alpha value is -3.43. The molecule has 2 aliphatic rings. The second-order valence-electron chi connectivity index (χ2n) is 7.11. The van der Waals surface area contributed by atoms with Crippen LogP contribution in [-0.2, 0) is 11.3 Å². The number of hydrogen-bond donors (Lipinski definition) is 1. The fraction of sp³-hybridized carbons (Fsp3) is 0.316. The lowest BCUT2D eigenvalue weighted by molar-refractivity contribution is 0.00131. The fourth-order valence-corrected chi connectivity index (χ4v) is 3.46. The lowest BCUT2D eigenvalue weighted by Crippen LogP contribution is -2.54. The molecule has 2 aromatic heterocycles. The van der Waals surface area contributed by atoms with E-state index in [0.29, 0.717) is 0 Å². The molecule has 3 heterocycles. The summed E-state index contributed by atoms with van der Waals surface area (Å²) in [5.41, 5.74) is 4.82. The van der Waals surface area contributed by atoms with Crippen LogP contribution in [0.1, 0.15) is 25.8 Å². The molecule has 10 heteroatoms. The Morgan fingerprint density at radius 3 is 2.90 bits per heavy atom. The summed E-state index contributed by atoms with van der Waals surface area (Å²) >= 11 is 0. The maximum absolute atomic E-state index is 14.8. The molecule has 0 bridgehead atoms. The Balaban J connectivity index is 1.61. The van der Waals surface area contributed by atoms with Gasteiger partial charge in [-0.15, -0.1) is 0 Å². The van der Waals surface area contributed by atoms with E-state index >= 15 is 0 Å². The van der Waals surface area contributed by atoms with Crippen LogP contribution in [0.2, 0.25) is 0 Å². The van der Waals surface area contributed by atoms with Crippen LogP contribution < -0.4 is 10.5 Å². The number of anilines is 1. The normalized spacial score (nSPS) is 24.1. The van der Waals surface area contributed by atoms with Gasteiger partial charge in [0.2, 0.25) is 0 Å². The van der Waals surface area contributed by atoms with Crippen molar-refractivity contribution in [3.63, 3.8) is 0 Å². The fourth-order valence-electron chi connectivity index (χ4n) is 3.46. The summed E-state index contributed by atoms with van der Waals surface area (Å²) in [5.74, 6) is -1.38. The summed E-state index contributed by atoms with van der Waals surface area (Å²) in [5, 5.41) is 0. The quantitative estimate of drug-likeness (QED) is 0.829. The van der Waals surface area contributed by atoms with Crippen LogP contribution in [0.25, 0.3) is 0 Å². The highest BCUT2D eigenvalue weighted by molar-refractivity contribution is 5.72. The van der Waals surface area contributed by atoms with Crippen molar-refractivity contribution in [1.29, 1.82) is 0 Å². The van der Waals surface area contributed by atoms with Gasteiger partial charge >= 0.3 is 12.2 Å². The summed E-state index contributed by atoms with van der Waals surface area (Å²) in [6.45, 7) is 3.43. The Kier molecular flexibility index (Phi) is 4.48. The average Bonchev–Trinajstić information content (AvgIpc) is 3.18. The first kappa shape index (κ1) is 18.9. The molecule has 2 N–H and O–H groups in total. The minimum atomic E-state index is -0.878. The van der Waals surface area contributed by atoms with Gasteiger partial charge in [0, 0.05) is 30.3 Å². The molecule has 1 fully saturated rings. The smallest absolute Gasteiger partial charge is 0.415 e. The van der Waals surface area contributed by atoms with Crippen molar-refractivity contribution in [1.82, 2.24) is 14.9 Å². The van der Waals surface area contributed by atoms with Crippen LogP contribution in [0.5, 0.6) is 6.08 Å². The van der Waals surface area contributed by atoms with Crippen LogP contribution in [0.4, 0.5) is 19.4 Å². The third kappa shape index (κ3) is 3.20. The zero-order valence-electron chi connectivity index (χ0n) is 15.7.